The number of nitrogens with zero attached hydrogens (tertiary/aromatic N) is 1. The van der Waals surface area contributed by atoms with E-state index in [0.717, 1.165) is 12.8 Å². The van der Waals surface area contributed by atoms with Crippen LogP contribution in [0.3, 0.4) is 0 Å². The van der Waals surface area contributed by atoms with Gasteiger partial charge in [0.1, 0.15) is 0 Å². The number of aromatic nitrogens is 1. The minimum Gasteiger partial charge on any atom is -0.335 e. The van der Waals surface area contributed by atoms with Gasteiger partial charge in [-0.2, -0.15) is 0 Å². The highest BCUT2D eigenvalue weighted by atomic mass is 15.0. The van der Waals surface area contributed by atoms with E-state index in [9.17, 15) is 0 Å². The molecule has 0 fully saturated rings. The van der Waals surface area contributed by atoms with Crippen LogP contribution < -0.4 is 0 Å². The summed E-state index contributed by atoms with van der Waals surface area (Å²) in [6.07, 6.45) is 2.31. The summed E-state index contributed by atoms with van der Waals surface area (Å²) in [6.45, 7) is 23.2. The lowest BCUT2D eigenvalue weighted by Crippen LogP contribution is -2.21. The van der Waals surface area contributed by atoms with Crippen LogP contribution in [0.25, 0.3) is 21.8 Å². The molecule has 4 aromatic rings. The van der Waals surface area contributed by atoms with E-state index < -0.39 is 0 Å². The Morgan fingerprint density at radius 3 is 1.12 bits per heavy atom. The summed E-state index contributed by atoms with van der Waals surface area (Å²) in [4.78, 5) is 0. The second-order valence-corrected chi connectivity index (χ2v) is 8.02. The molecule has 3 aromatic carbocycles. The first kappa shape index (κ1) is 30.5. The SMILES string of the molecule is CC.CC.CC.CC(C)(C)n1c2ccccc2c2ccccc21.CCc1ccccc1CC. The van der Waals surface area contributed by atoms with Crippen molar-refractivity contribution in [2.24, 2.45) is 0 Å². The molecule has 0 radical (unpaired) electrons. The second-order valence-electron chi connectivity index (χ2n) is 8.02. The fourth-order valence-corrected chi connectivity index (χ4v) is 3.89. The molecule has 0 spiro atoms. The third kappa shape index (κ3) is 8.07. The summed E-state index contributed by atoms with van der Waals surface area (Å²) in [5.41, 5.74) is 5.72. The molecule has 1 aromatic heterocycles. The van der Waals surface area contributed by atoms with Crippen LogP contribution in [-0.2, 0) is 18.4 Å². The molecule has 0 aliphatic rings. The maximum atomic E-state index is 2.43. The molecule has 33 heavy (non-hydrogen) atoms. The summed E-state index contributed by atoms with van der Waals surface area (Å²) >= 11 is 0. The van der Waals surface area contributed by atoms with Gasteiger partial charge in [-0.1, -0.05) is 116 Å². The van der Waals surface area contributed by atoms with E-state index in [1.165, 1.54) is 32.9 Å². The Morgan fingerprint density at radius 1 is 0.515 bits per heavy atom. The highest BCUT2D eigenvalue weighted by molar-refractivity contribution is 6.08. The first-order valence-electron chi connectivity index (χ1n) is 13.0. The van der Waals surface area contributed by atoms with Gasteiger partial charge in [-0.25, -0.2) is 0 Å². The van der Waals surface area contributed by atoms with Gasteiger partial charge >= 0.3 is 0 Å². The molecule has 1 heteroatoms. The molecule has 0 unspecified atom stereocenters. The van der Waals surface area contributed by atoms with E-state index in [-0.39, 0.29) is 5.54 Å². The number of benzene rings is 3. The molecule has 0 aliphatic carbocycles. The third-order valence-corrected chi connectivity index (χ3v) is 5.13. The Kier molecular flexibility index (Phi) is 14.9. The van der Waals surface area contributed by atoms with Crippen LogP contribution in [0.4, 0.5) is 0 Å². The van der Waals surface area contributed by atoms with Gasteiger partial charge in [0.2, 0.25) is 0 Å². The van der Waals surface area contributed by atoms with Gasteiger partial charge in [-0.05, 0) is 56.9 Å². The van der Waals surface area contributed by atoms with Crippen molar-refractivity contribution in [2.45, 2.75) is 94.5 Å². The van der Waals surface area contributed by atoms with Crippen molar-refractivity contribution in [2.75, 3.05) is 0 Å². The topological polar surface area (TPSA) is 4.93 Å². The minimum atomic E-state index is 0.0999. The van der Waals surface area contributed by atoms with Gasteiger partial charge in [0.05, 0.1) is 0 Å². The van der Waals surface area contributed by atoms with Crippen LogP contribution >= 0.6 is 0 Å². The highest BCUT2D eigenvalue weighted by Crippen LogP contribution is 2.33. The maximum Gasteiger partial charge on any atom is 0.0496 e. The monoisotopic (exact) mass is 447 g/mol. The number of hydrogen-bond acceptors (Lipinski definition) is 0. The average molecular weight is 448 g/mol. The van der Waals surface area contributed by atoms with Crippen LogP contribution in [0, 0.1) is 0 Å². The van der Waals surface area contributed by atoms with E-state index in [1.54, 1.807) is 0 Å². The Hall–Kier alpha value is -2.54. The van der Waals surface area contributed by atoms with Crippen molar-refractivity contribution in [3.05, 3.63) is 83.9 Å². The van der Waals surface area contributed by atoms with Crippen molar-refractivity contribution >= 4 is 21.8 Å². The molecule has 0 aliphatic heterocycles. The lowest BCUT2D eigenvalue weighted by molar-refractivity contribution is 0.423. The molecule has 0 saturated heterocycles. The number of aryl methyl sites for hydroxylation is 2. The van der Waals surface area contributed by atoms with Gasteiger partial charge in [-0.3, -0.25) is 0 Å². The fourth-order valence-electron chi connectivity index (χ4n) is 3.89. The molecule has 1 nitrogen and oxygen atoms in total. The number of fused-ring (bicyclic) bond motifs is 3. The zero-order chi connectivity index (χ0) is 25.4. The summed E-state index contributed by atoms with van der Waals surface area (Å²) in [7, 11) is 0. The van der Waals surface area contributed by atoms with Crippen LogP contribution in [0.15, 0.2) is 72.8 Å². The van der Waals surface area contributed by atoms with Gasteiger partial charge in [0.15, 0.2) is 0 Å². The van der Waals surface area contributed by atoms with E-state index in [2.05, 4.69) is 112 Å². The fraction of sp³-hybridized carbons (Fsp3) is 0.438. The lowest BCUT2D eigenvalue weighted by Gasteiger charge is -2.24. The van der Waals surface area contributed by atoms with Crippen LogP contribution in [-0.4, -0.2) is 4.57 Å². The van der Waals surface area contributed by atoms with Gasteiger partial charge in [0, 0.05) is 27.3 Å². The largest absolute Gasteiger partial charge is 0.335 e. The van der Waals surface area contributed by atoms with Gasteiger partial charge in [0.25, 0.3) is 0 Å². The molecule has 182 valence electrons. The van der Waals surface area contributed by atoms with Crippen LogP contribution in [0.5, 0.6) is 0 Å². The smallest absolute Gasteiger partial charge is 0.0496 e. The van der Waals surface area contributed by atoms with E-state index in [4.69, 9.17) is 0 Å². The second kappa shape index (κ2) is 16.1. The summed E-state index contributed by atoms with van der Waals surface area (Å²) in [5, 5.41) is 2.69. The molecule has 0 saturated carbocycles. The molecule has 0 bridgehead atoms. The minimum absolute atomic E-state index is 0.0999. The van der Waals surface area contributed by atoms with Gasteiger partial charge in [-0.15, -0.1) is 0 Å². The molecular weight excluding hydrogens is 398 g/mol. The summed E-state index contributed by atoms with van der Waals surface area (Å²) in [6, 6.07) is 25.9. The van der Waals surface area contributed by atoms with E-state index >= 15 is 0 Å². The normalized spacial score (nSPS) is 9.91. The Balaban J connectivity index is 0.000000550. The zero-order valence-electron chi connectivity index (χ0n) is 23.3. The van der Waals surface area contributed by atoms with Crippen molar-refractivity contribution in [3.63, 3.8) is 0 Å². The average Bonchev–Trinajstić information content (AvgIpc) is 3.23. The highest BCUT2D eigenvalue weighted by Gasteiger charge is 2.19. The Bertz CT molecular complexity index is 955. The molecule has 0 amide bonds. The van der Waals surface area contributed by atoms with Crippen molar-refractivity contribution < 1.29 is 0 Å². The third-order valence-electron chi connectivity index (χ3n) is 5.13. The predicted octanol–water partition coefficient (Wildman–Crippen LogP) is 10.4. The molecule has 1 heterocycles. The van der Waals surface area contributed by atoms with Crippen molar-refractivity contribution in [1.29, 1.82) is 0 Å². The first-order valence-corrected chi connectivity index (χ1v) is 13.0. The predicted molar refractivity (Wildman–Crippen MR) is 154 cm³/mol. The summed E-state index contributed by atoms with van der Waals surface area (Å²) < 4.78 is 2.43. The zero-order valence-corrected chi connectivity index (χ0v) is 23.3. The molecule has 0 atom stereocenters. The first-order chi connectivity index (χ1) is 16.0. The standard InChI is InChI=1S/C16H17N.C10H14.3C2H6/c1-16(2,3)17-14-10-6-4-8-12(14)13-9-5-7-11-15(13)17;1-3-9-7-5-6-8-10(9)4-2;3*1-2/h4-11H,1-3H3;5-8H,3-4H2,1-2H3;3*1-2H3. The summed E-state index contributed by atoms with van der Waals surface area (Å²) in [5.74, 6) is 0. The molecular formula is C32H49N. The Morgan fingerprint density at radius 2 is 0.818 bits per heavy atom. The maximum absolute atomic E-state index is 2.43. The lowest BCUT2D eigenvalue weighted by atomic mass is 10.0. The number of para-hydroxylation sites is 2. The number of hydrogen-bond donors (Lipinski definition) is 0. The van der Waals surface area contributed by atoms with Gasteiger partial charge < -0.3 is 4.57 Å². The Labute approximate surface area is 204 Å². The van der Waals surface area contributed by atoms with E-state index in [1.807, 2.05) is 41.5 Å². The number of rotatable bonds is 2. The van der Waals surface area contributed by atoms with Crippen LogP contribution in [0.1, 0.15) is 87.3 Å². The van der Waals surface area contributed by atoms with Crippen molar-refractivity contribution in [1.82, 2.24) is 4.57 Å². The van der Waals surface area contributed by atoms with Crippen molar-refractivity contribution in [3.8, 4) is 0 Å². The van der Waals surface area contributed by atoms with Crippen LogP contribution in [0.2, 0.25) is 0 Å². The quantitative estimate of drug-likeness (QED) is 0.288. The van der Waals surface area contributed by atoms with E-state index in [0.29, 0.717) is 0 Å². The molecule has 0 N–H and O–H groups in total. The molecule has 4 rings (SSSR count).